The topological polar surface area (TPSA) is 71.0 Å². The molecule has 0 unspecified atom stereocenters. The fourth-order valence-corrected chi connectivity index (χ4v) is 4.88. The summed E-state index contributed by atoms with van der Waals surface area (Å²) in [7, 11) is 3.59. The van der Waals surface area contributed by atoms with Gasteiger partial charge in [0.05, 0.1) is 11.4 Å². The summed E-state index contributed by atoms with van der Waals surface area (Å²) in [4.78, 5) is 27.6. The molecule has 6 rings (SSSR count). The van der Waals surface area contributed by atoms with Crippen LogP contribution in [0, 0.1) is 0 Å². The average molecular weight is 548 g/mol. The van der Waals surface area contributed by atoms with Crippen LogP contribution in [0.2, 0.25) is 0 Å². The minimum atomic E-state index is 0.601. The van der Waals surface area contributed by atoms with E-state index in [1.54, 1.807) is 11.9 Å². The molecule has 6 nitrogen and oxygen atoms in total. The van der Waals surface area contributed by atoms with E-state index in [4.69, 9.17) is 15.0 Å². The highest BCUT2D eigenvalue weighted by Gasteiger charge is 2.14. The molecule has 0 fully saturated rings. The predicted octanol–water partition coefficient (Wildman–Crippen LogP) is 7.84. The van der Waals surface area contributed by atoms with E-state index < -0.39 is 0 Å². The number of carbonyl (C=O) groups is 1. The van der Waals surface area contributed by atoms with Gasteiger partial charge in [-0.15, -0.1) is 0 Å². The average Bonchev–Trinajstić information content (AvgIpc) is 3.08. The monoisotopic (exact) mass is 547 g/mol. The summed E-state index contributed by atoms with van der Waals surface area (Å²) in [6, 6.07) is 42.7. The summed E-state index contributed by atoms with van der Waals surface area (Å²) in [6.07, 6.45) is 0.806. The van der Waals surface area contributed by atoms with Gasteiger partial charge >= 0.3 is 0 Å². The Hall–Kier alpha value is -5.62. The molecule has 6 heteroatoms. The normalized spacial score (nSPS) is 10.7. The van der Waals surface area contributed by atoms with E-state index >= 15 is 0 Å². The van der Waals surface area contributed by atoms with Crippen molar-refractivity contribution in [1.82, 2.24) is 15.0 Å². The number of rotatable bonds is 8. The van der Waals surface area contributed by atoms with Gasteiger partial charge in [0.2, 0.25) is 6.41 Å². The maximum absolute atomic E-state index is 11.4. The third-order valence-corrected chi connectivity index (χ3v) is 7.20. The van der Waals surface area contributed by atoms with Crippen molar-refractivity contribution >= 4 is 17.8 Å². The van der Waals surface area contributed by atoms with E-state index in [0.29, 0.717) is 17.5 Å². The van der Waals surface area contributed by atoms with Crippen LogP contribution < -0.4 is 10.2 Å². The molecule has 6 aromatic rings. The lowest BCUT2D eigenvalue weighted by atomic mass is 10.0. The molecule has 0 radical (unpaired) electrons. The minimum absolute atomic E-state index is 0.601. The Labute approximate surface area is 245 Å². The Morgan fingerprint density at radius 2 is 0.905 bits per heavy atom. The van der Waals surface area contributed by atoms with Crippen molar-refractivity contribution in [1.29, 1.82) is 0 Å². The maximum atomic E-state index is 11.4. The molecule has 204 valence electrons. The SMILES string of the molecule is CNc1ccc(-c2ccc(-c3nc(-c4ccccc4)nc(-c4ccc(-c5ccccc5)cc4)n3)cc2)cc1N(C)C=O. The van der Waals surface area contributed by atoms with Crippen LogP contribution in [0.3, 0.4) is 0 Å². The van der Waals surface area contributed by atoms with Gasteiger partial charge in [0.1, 0.15) is 0 Å². The molecule has 42 heavy (non-hydrogen) atoms. The van der Waals surface area contributed by atoms with Crippen LogP contribution in [-0.4, -0.2) is 35.5 Å². The lowest BCUT2D eigenvalue weighted by molar-refractivity contribution is -0.107. The Kier molecular flexibility index (Phi) is 7.51. The smallest absolute Gasteiger partial charge is 0.213 e. The number of benzene rings is 5. The standard InChI is InChI=1S/C36H29N5O/c1-37-32-22-21-31(23-33(32)41(2)24-42)27-15-19-30(20-16-27)36-39-34(28-11-7-4-8-12-28)38-35(40-36)29-17-13-26(14-18-29)25-9-5-3-6-10-25/h3-24,37H,1-2H3. The van der Waals surface area contributed by atoms with Gasteiger partial charge in [-0.3, -0.25) is 4.79 Å². The van der Waals surface area contributed by atoms with Gasteiger partial charge in [-0.25, -0.2) is 15.0 Å². The number of carbonyl (C=O) groups excluding carboxylic acids is 1. The van der Waals surface area contributed by atoms with Gasteiger partial charge in [0, 0.05) is 30.8 Å². The lowest BCUT2D eigenvalue weighted by Crippen LogP contribution is -2.15. The molecule has 1 heterocycles. The van der Waals surface area contributed by atoms with Crippen LogP contribution in [0.5, 0.6) is 0 Å². The highest BCUT2D eigenvalue weighted by molar-refractivity contribution is 5.86. The van der Waals surface area contributed by atoms with Gasteiger partial charge in [0.25, 0.3) is 0 Å². The Balaban J connectivity index is 1.38. The molecule has 5 aromatic carbocycles. The Morgan fingerprint density at radius 3 is 1.38 bits per heavy atom. The molecule has 0 aliphatic carbocycles. The first kappa shape index (κ1) is 26.6. The molecule has 0 bridgehead atoms. The summed E-state index contributed by atoms with van der Waals surface area (Å²) in [5, 5.41) is 3.15. The zero-order valence-electron chi connectivity index (χ0n) is 23.4. The van der Waals surface area contributed by atoms with Crippen molar-refractivity contribution in [2.45, 2.75) is 0 Å². The van der Waals surface area contributed by atoms with Gasteiger partial charge in [-0.1, -0.05) is 115 Å². The Bertz CT molecular complexity index is 1820. The van der Waals surface area contributed by atoms with Crippen LogP contribution >= 0.6 is 0 Å². The molecule has 0 saturated heterocycles. The van der Waals surface area contributed by atoms with Gasteiger partial charge in [-0.2, -0.15) is 0 Å². The first-order valence-electron chi connectivity index (χ1n) is 13.7. The van der Waals surface area contributed by atoms with E-state index in [9.17, 15) is 4.79 Å². The Morgan fingerprint density at radius 1 is 0.524 bits per heavy atom. The molecular weight excluding hydrogens is 518 g/mol. The van der Waals surface area contributed by atoms with Gasteiger partial charge in [-0.05, 0) is 34.4 Å². The largest absolute Gasteiger partial charge is 0.386 e. The van der Waals surface area contributed by atoms with E-state index in [1.165, 1.54) is 0 Å². The summed E-state index contributed by atoms with van der Waals surface area (Å²) >= 11 is 0. The van der Waals surface area contributed by atoms with Crippen LogP contribution in [0.1, 0.15) is 0 Å². The fourth-order valence-electron chi connectivity index (χ4n) is 4.88. The molecule has 1 N–H and O–H groups in total. The number of nitrogens with zero attached hydrogens (tertiary/aromatic N) is 4. The molecule has 0 saturated carbocycles. The highest BCUT2D eigenvalue weighted by Crippen LogP contribution is 2.32. The zero-order chi connectivity index (χ0) is 28.9. The lowest BCUT2D eigenvalue weighted by Gasteiger charge is -2.17. The van der Waals surface area contributed by atoms with Crippen LogP contribution in [-0.2, 0) is 4.79 Å². The van der Waals surface area contributed by atoms with E-state index in [2.05, 4.69) is 53.8 Å². The van der Waals surface area contributed by atoms with Crippen molar-refractivity contribution in [3.05, 3.63) is 127 Å². The predicted molar refractivity (Wildman–Crippen MR) is 171 cm³/mol. The summed E-state index contributed by atoms with van der Waals surface area (Å²) in [6.45, 7) is 0. The number of nitrogens with one attached hydrogen (secondary N) is 1. The van der Waals surface area contributed by atoms with E-state index in [0.717, 1.165) is 56.7 Å². The van der Waals surface area contributed by atoms with Crippen molar-refractivity contribution in [3.63, 3.8) is 0 Å². The first-order chi connectivity index (χ1) is 20.6. The van der Waals surface area contributed by atoms with Crippen molar-refractivity contribution < 1.29 is 4.79 Å². The van der Waals surface area contributed by atoms with E-state index in [-0.39, 0.29) is 0 Å². The number of amides is 1. The minimum Gasteiger partial charge on any atom is -0.386 e. The molecule has 1 amide bonds. The van der Waals surface area contributed by atoms with Crippen molar-refractivity contribution in [2.75, 3.05) is 24.3 Å². The second-order valence-electron chi connectivity index (χ2n) is 9.89. The zero-order valence-corrected chi connectivity index (χ0v) is 23.4. The number of anilines is 2. The maximum Gasteiger partial charge on any atom is 0.213 e. The highest BCUT2D eigenvalue weighted by atomic mass is 16.1. The second-order valence-corrected chi connectivity index (χ2v) is 9.89. The van der Waals surface area contributed by atoms with Gasteiger partial charge < -0.3 is 10.2 Å². The van der Waals surface area contributed by atoms with Crippen LogP contribution in [0.25, 0.3) is 56.4 Å². The van der Waals surface area contributed by atoms with Crippen molar-refractivity contribution in [3.8, 4) is 56.4 Å². The van der Waals surface area contributed by atoms with Crippen LogP contribution in [0.4, 0.5) is 11.4 Å². The summed E-state index contributed by atoms with van der Waals surface area (Å²) in [5.74, 6) is 1.84. The molecular formula is C36H29N5O. The second kappa shape index (κ2) is 11.9. The third kappa shape index (κ3) is 5.51. The molecule has 0 spiro atoms. The summed E-state index contributed by atoms with van der Waals surface area (Å²) < 4.78 is 0. The quantitative estimate of drug-likeness (QED) is 0.197. The number of hydrogen-bond donors (Lipinski definition) is 1. The van der Waals surface area contributed by atoms with Crippen LogP contribution in [0.15, 0.2) is 127 Å². The molecule has 0 aliphatic rings. The molecule has 1 aromatic heterocycles. The van der Waals surface area contributed by atoms with E-state index in [1.807, 2.05) is 85.9 Å². The van der Waals surface area contributed by atoms with Crippen molar-refractivity contribution in [2.24, 2.45) is 0 Å². The molecule has 0 atom stereocenters. The molecule has 0 aliphatic heterocycles. The third-order valence-electron chi connectivity index (χ3n) is 7.20. The van der Waals surface area contributed by atoms with Gasteiger partial charge in [0.15, 0.2) is 17.5 Å². The first-order valence-corrected chi connectivity index (χ1v) is 13.7. The number of aromatic nitrogens is 3. The number of hydrogen-bond acceptors (Lipinski definition) is 5. The summed E-state index contributed by atoms with van der Waals surface area (Å²) in [5.41, 5.74) is 8.75. The fraction of sp³-hybridized carbons (Fsp3) is 0.0556.